The average Bonchev–Trinajstić information content (AvgIpc) is 2.44. The third-order valence-electron chi connectivity index (χ3n) is 3.61. The van der Waals surface area contributed by atoms with E-state index in [1.165, 1.54) is 0 Å². The summed E-state index contributed by atoms with van der Waals surface area (Å²) in [5.74, 6) is -0.851. The number of hydrogen-bond acceptors (Lipinski definition) is 2. The summed E-state index contributed by atoms with van der Waals surface area (Å²) in [4.78, 5) is 11.1. The van der Waals surface area contributed by atoms with Crippen LogP contribution in [0.25, 0.3) is 16.8 Å². The summed E-state index contributed by atoms with van der Waals surface area (Å²) in [6.07, 6.45) is 3.01. The normalized spacial score (nSPS) is 13.7. The van der Waals surface area contributed by atoms with Crippen molar-refractivity contribution in [3.63, 3.8) is 0 Å². The first-order valence-electron chi connectivity index (χ1n) is 6.94. The molecular weight excluding hydrogens is 264 g/mol. The van der Waals surface area contributed by atoms with E-state index in [1.54, 1.807) is 26.8 Å². The topological polar surface area (TPSA) is 57.5 Å². The molecule has 0 aliphatic carbocycles. The third-order valence-corrected chi connectivity index (χ3v) is 3.61. The van der Waals surface area contributed by atoms with Gasteiger partial charge in [-0.2, -0.15) is 0 Å². The first kappa shape index (κ1) is 15.3. The number of aliphatic carboxylic acids is 1. The minimum atomic E-state index is -0.892. The molecule has 110 valence electrons. The second-order valence-electron chi connectivity index (χ2n) is 5.90. The van der Waals surface area contributed by atoms with Gasteiger partial charge >= 0.3 is 5.97 Å². The fourth-order valence-corrected chi connectivity index (χ4v) is 2.02. The van der Waals surface area contributed by atoms with E-state index in [1.807, 2.05) is 42.5 Å². The van der Waals surface area contributed by atoms with Crippen LogP contribution in [0.5, 0.6) is 0 Å². The summed E-state index contributed by atoms with van der Waals surface area (Å²) in [5.41, 5.74) is 0.922. The van der Waals surface area contributed by atoms with Gasteiger partial charge in [0.15, 0.2) is 0 Å². The highest BCUT2D eigenvalue weighted by molar-refractivity contribution is 5.86. The number of fused-ring (bicyclic) bond motifs is 1. The van der Waals surface area contributed by atoms with Gasteiger partial charge in [-0.3, -0.25) is 4.79 Å². The molecule has 1 unspecified atom stereocenters. The fourth-order valence-electron chi connectivity index (χ4n) is 2.02. The largest absolute Gasteiger partial charge is 0.481 e. The molecule has 21 heavy (non-hydrogen) atoms. The van der Waals surface area contributed by atoms with Gasteiger partial charge in [0.2, 0.25) is 0 Å². The smallest absolute Gasteiger partial charge is 0.312 e. The van der Waals surface area contributed by atoms with E-state index < -0.39 is 17.5 Å². The first-order chi connectivity index (χ1) is 9.79. The van der Waals surface area contributed by atoms with E-state index in [0.29, 0.717) is 0 Å². The molecule has 0 spiro atoms. The molecule has 0 aliphatic heterocycles. The summed E-state index contributed by atoms with van der Waals surface area (Å²) >= 11 is 0. The van der Waals surface area contributed by atoms with Crippen LogP contribution in [0.4, 0.5) is 0 Å². The van der Waals surface area contributed by atoms with Crippen LogP contribution < -0.4 is 0 Å². The van der Waals surface area contributed by atoms with Gasteiger partial charge in [-0.25, -0.2) is 0 Å². The summed E-state index contributed by atoms with van der Waals surface area (Å²) in [6.45, 7) is 5.07. The fraction of sp³-hybridized carbons (Fsp3) is 0.278. The summed E-state index contributed by atoms with van der Waals surface area (Å²) in [7, 11) is 0. The van der Waals surface area contributed by atoms with Crippen LogP contribution in [0.15, 0.2) is 42.5 Å². The first-order valence-corrected chi connectivity index (χ1v) is 6.94. The second kappa shape index (κ2) is 5.70. The molecule has 3 nitrogen and oxygen atoms in total. The Kier molecular flexibility index (Phi) is 4.14. The predicted molar refractivity (Wildman–Crippen MR) is 85.0 cm³/mol. The maximum atomic E-state index is 11.1. The van der Waals surface area contributed by atoms with Gasteiger partial charge in [0.1, 0.15) is 0 Å². The Balaban J connectivity index is 2.38. The molecule has 0 heterocycles. The molecular formula is C18H20O3. The molecule has 0 bridgehead atoms. The number of carboxylic acids is 1. The number of aliphatic hydroxyl groups excluding tert-OH is 1. The van der Waals surface area contributed by atoms with Gasteiger partial charge in [-0.15, -0.1) is 0 Å². The van der Waals surface area contributed by atoms with Gasteiger partial charge in [-0.1, -0.05) is 36.4 Å². The summed E-state index contributed by atoms with van der Waals surface area (Å²) in [6, 6.07) is 11.8. The van der Waals surface area contributed by atoms with Crippen LogP contribution >= 0.6 is 0 Å². The lowest BCUT2D eigenvalue weighted by molar-refractivity contribution is -0.144. The Labute approximate surface area is 124 Å². The van der Waals surface area contributed by atoms with E-state index in [9.17, 15) is 9.90 Å². The molecule has 0 fully saturated rings. The van der Waals surface area contributed by atoms with Crippen LogP contribution in [0.2, 0.25) is 0 Å². The maximum Gasteiger partial charge on any atom is 0.312 e. The van der Waals surface area contributed by atoms with Gasteiger partial charge in [0.25, 0.3) is 0 Å². The van der Waals surface area contributed by atoms with Crippen LogP contribution in [0.3, 0.4) is 0 Å². The lowest BCUT2D eigenvalue weighted by Gasteiger charge is -2.13. The standard InChI is InChI=1S/C18H20O3/c1-12(19)15-7-6-14-5-4-13(10-16(14)11-15)8-9-18(2,3)17(20)21/h4-12,19H,1-3H3,(H,20,21). The number of carbonyl (C=O) groups is 1. The van der Waals surface area contributed by atoms with Gasteiger partial charge < -0.3 is 10.2 Å². The zero-order valence-electron chi connectivity index (χ0n) is 12.5. The van der Waals surface area contributed by atoms with Crippen molar-refractivity contribution >= 4 is 22.8 Å². The molecule has 2 N–H and O–H groups in total. The van der Waals surface area contributed by atoms with E-state index in [-0.39, 0.29) is 0 Å². The van der Waals surface area contributed by atoms with Gasteiger partial charge in [0, 0.05) is 0 Å². The highest BCUT2D eigenvalue weighted by atomic mass is 16.4. The average molecular weight is 284 g/mol. The Morgan fingerprint density at radius 3 is 2.43 bits per heavy atom. The summed E-state index contributed by atoms with van der Waals surface area (Å²) < 4.78 is 0. The van der Waals surface area contributed by atoms with Crippen LogP contribution in [-0.4, -0.2) is 16.2 Å². The van der Waals surface area contributed by atoms with Crippen molar-refractivity contribution in [3.05, 3.63) is 53.6 Å². The van der Waals surface area contributed by atoms with Gasteiger partial charge in [0.05, 0.1) is 11.5 Å². The molecule has 0 saturated carbocycles. The van der Waals surface area contributed by atoms with Crippen molar-refractivity contribution in [1.82, 2.24) is 0 Å². The molecule has 2 rings (SSSR count). The van der Waals surface area contributed by atoms with E-state index in [4.69, 9.17) is 5.11 Å². The third kappa shape index (κ3) is 3.50. The number of benzene rings is 2. The molecule has 3 heteroatoms. The van der Waals surface area contributed by atoms with E-state index >= 15 is 0 Å². The molecule has 0 radical (unpaired) electrons. The molecule has 0 saturated heterocycles. The van der Waals surface area contributed by atoms with Crippen molar-refractivity contribution in [1.29, 1.82) is 0 Å². The van der Waals surface area contributed by atoms with Crippen molar-refractivity contribution in [3.8, 4) is 0 Å². The number of aliphatic hydroxyl groups is 1. The Morgan fingerprint density at radius 1 is 1.14 bits per heavy atom. The zero-order valence-corrected chi connectivity index (χ0v) is 12.5. The molecule has 0 aliphatic rings. The Bertz CT molecular complexity index is 697. The van der Waals surface area contributed by atoms with Crippen molar-refractivity contribution in [2.24, 2.45) is 5.41 Å². The molecule has 2 aromatic rings. The molecule has 0 aromatic heterocycles. The number of rotatable bonds is 4. The van der Waals surface area contributed by atoms with Crippen LogP contribution in [0.1, 0.15) is 38.0 Å². The molecule has 2 aromatic carbocycles. The SMILES string of the molecule is CC(O)c1ccc2ccc(C=CC(C)(C)C(=O)O)cc2c1. The molecule has 1 atom stereocenters. The Morgan fingerprint density at radius 2 is 1.81 bits per heavy atom. The van der Waals surface area contributed by atoms with Crippen molar-refractivity contribution in [2.75, 3.05) is 0 Å². The monoisotopic (exact) mass is 284 g/mol. The van der Waals surface area contributed by atoms with E-state index in [2.05, 4.69) is 0 Å². The number of hydrogen-bond donors (Lipinski definition) is 2. The minimum Gasteiger partial charge on any atom is -0.481 e. The maximum absolute atomic E-state index is 11.1. The van der Waals surface area contributed by atoms with Crippen LogP contribution in [-0.2, 0) is 4.79 Å². The summed E-state index contributed by atoms with van der Waals surface area (Å²) in [5, 5.41) is 20.9. The quantitative estimate of drug-likeness (QED) is 0.891. The highest BCUT2D eigenvalue weighted by Gasteiger charge is 2.22. The Hall–Kier alpha value is -2.13. The van der Waals surface area contributed by atoms with Gasteiger partial charge in [-0.05, 0) is 54.8 Å². The second-order valence-corrected chi connectivity index (χ2v) is 5.90. The van der Waals surface area contributed by atoms with Crippen molar-refractivity contribution in [2.45, 2.75) is 26.9 Å². The van der Waals surface area contributed by atoms with Crippen molar-refractivity contribution < 1.29 is 15.0 Å². The lowest BCUT2D eigenvalue weighted by atomic mass is 9.92. The zero-order chi connectivity index (χ0) is 15.6. The highest BCUT2D eigenvalue weighted by Crippen LogP contribution is 2.24. The number of carboxylic acid groups (broad SMARTS) is 1. The minimum absolute atomic E-state index is 0.500. The van der Waals surface area contributed by atoms with Crippen LogP contribution in [0, 0.1) is 5.41 Å². The predicted octanol–water partition coefficient (Wildman–Crippen LogP) is 4.02. The lowest BCUT2D eigenvalue weighted by Crippen LogP contribution is -2.20. The van der Waals surface area contributed by atoms with E-state index in [0.717, 1.165) is 21.9 Å². The molecule has 0 amide bonds.